The molecule has 4 heteroatoms. The van der Waals surface area contributed by atoms with Crippen LogP contribution in [-0.2, 0) is 0 Å². The van der Waals surface area contributed by atoms with Gasteiger partial charge in [0, 0.05) is 0 Å². The molecule has 3 nitrogen and oxygen atoms in total. The second-order valence-electron chi connectivity index (χ2n) is 3.44. The summed E-state index contributed by atoms with van der Waals surface area (Å²) in [5.41, 5.74) is 6.66. The SMILES string of the molecule is Cc1c[c]([SnH]([CH3])[CH3])ncc1C(N)=O. The van der Waals surface area contributed by atoms with Crippen LogP contribution in [0.15, 0.2) is 12.3 Å². The Morgan fingerprint density at radius 3 is 2.54 bits per heavy atom. The third kappa shape index (κ3) is 2.43. The molecule has 0 aliphatic rings. The van der Waals surface area contributed by atoms with Crippen LogP contribution in [-0.4, -0.2) is 30.7 Å². The first-order chi connectivity index (χ1) is 6.02. The van der Waals surface area contributed by atoms with E-state index in [0.29, 0.717) is 5.56 Å². The van der Waals surface area contributed by atoms with Crippen molar-refractivity contribution in [1.29, 1.82) is 0 Å². The number of primary amides is 1. The maximum absolute atomic E-state index is 10.9. The van der Waals surface area contributed by atoms with Crippen LogP contribution < -0.4 is 9.44 Å². The average Bonchev–Trinajstić information content (AvgIpc) is 2.03. The van der Waals surface area contributed by atoms with Gasteiger partial charge in [0.2, 0.25) is 0 Å². The molecule has 0 aromatic carbocycles. The summed E-state index contributed by atoms with van der Waals surface area (Å²) in [4.78, 5) is 19.7. The van der Waals surface area contributed by atoms with E-state index in [2.05, 4.69) is 14.9 Å². The minimum absolute atomic E-state index is 0.393. The number of amides is 1. The Kier molecular flexibility index (Phi) is 3.30. The molecule has 0 saturated carbocycles. The van der Waals surface area contributed by atoms with Crippen molar-refractivity contribution in [2.75, 3.05) is 0 Å². The van der Waals surface area contributed by atoms with E-state index in [1.165, 1.54) is 3.71 Å². The van der Waals surface area contributed by atoms with Crippen molar-refractivity contribution in [2.24, 2.45) is 5.73 Å². The Hall–Kier alpha value is -0.581. The Morgan fingerprint density at radius 1 is 1.54 bits per heavy atom. The Morgan fingerprint density at radius 2 is 2.15 bits per heavy atom. The Bertz CT molecular complexity index is 336. The van der Waals surface area contributed by atoms with Crippen LogP contribution in [0.2, 0.25) is 9.88 Å². The van der Waals surface area contributed by atoms with E-state index < -0.39 is 25.7 Å². The summed E-state index contributed by atoms with van der Waals surface area (Å²) < 4.78 is 1.20. The molecule has 0 aliphatic carbocycles. The van der Waals surface area contributed by atoms with E-state index in [9.17, 15) is 4.79 Å². The average molecular weight is 285 g/mol. The quantitative estimate of drug-likeness (QED) is 0.788. The number of aromatic nitrogens is 1. The van der Waals surface area contributed by atoms with E-state index in [1.54, 1.807) is 6.20 Å². The van der Waals surface area contributed by atoms with E-state index in [-0.39, 0.29) is 0 Å². The normalized spacial score (nSPS) is 10.5. The second kappa shape index (κ2) is 4.09. The van der Waals surface area contributed by atoms with Gasteiger partial charge in [0.05, 0.1) is 0 Å². The molecular weight excluding hydrogens is 271 g/mol. The van der Waals surface area contributed by atoms with Gasteiger partial charge < -0.3 is 0 Å². The summed E-state index contributed by atoms with van der Waals surface area (Å²) >= 11 is -1.51. The summed E-state index contributed by atoms with van der Waals surface area (Å²) in [6, 6.07) is 2.00. The number of carbonyl (C=O) groups is 1. The molecule has 0 spiro atoms. The summed E-state index contributed by atoms with van der Waals surface area (Å²) in [6.07, 6.45) is 1.60. The molecule has 1 heterocycles. The number of hydrogen-bond donors (Lipinski definition) is 1. The molecule has 1 aromatic heterocycles. The molecule has 0 unspecified atom stereocenters. The number of aryl methyl sites for hydroxylation is 1. The maximum atomic E-state index is 10.9. The summed E-state index contributed by atoms with van der Waals surface area (Å²) in [5.74, 6) is -0.393. The van der Waals surface area contributed by atoms with E-state index in [0.717, 1.165) is 5.56 Å². The van der Waals surface area contributed by atoms with Crippen molar-refractivity contribution < 1.29 is 4.79 Å². The molecule has 0 bridgehead atoms. The topological polar surface area (TPSA) is 56.0 Å². The van der Waals surface area contributed by atoms with Crippen molar-refractivity contribution >= 4 is 29.4 Å². The fourth-order valence-corrected chi connectivity index (χ4v) is 3.88. The first kappa shape index (κ1) is 10.5. The number of pyridine rings is 1. The van der Waals surface area contributed by atoms with E-state index >= 15 is 0 Å². The molecule has 1 rings (SSSR count). The molecular formula is C9H14N2OSn. The molecule has 0 atom stereocenters. The zero-order valence-corrected chi connectivity index (χ0v) is 11.5. The van der Waals surface area contributed by atoms with Gasteiger partial charge in [0.15, 0.2) is 0 Å². The third-order valence-corrected chi connectivity index (χ3v) is 6.27. The standard InChI is InChI=1S/C7H7N2O.2CH3.Sn.H/c1-5-2-3-9-4-6(5)7(8)10;;;;/h2,4H,1H3,(H2,8,10);2*1H3;;. The zero-order chi connectivity index (χ0) is 10.0. The Labute approximate surface area is 85.1 Å². The van der Waals surface area contributed by atoms with Crippen LogP contribution in [0, 0.1) is 6.92 Å². The minimum atomic E-state index is -1.51. The van der Waals surface area contributed by atoms with Crippen molar-refractivity contribution in [3.63, 3.8) is 0 Å². The van der Waals surface area contributed by atoms with E-state index in [4.69, 9.17) is 5.73 Å². The molecule has 0 aliphatic heterocycles. The molecule has 2 N–H and O–H groups in total. The van der Waals surface area contributed by atoms with Crippen LogP contribution in [0.3, 0.4) is 0 Å². The summed E-state index contributed by atoms with van der Waals surface area (Å²) in [6.45, 7) is 1.90. The molecule has 1 aromatic rings. The van der Waals surface area contributed by atoms with Crippen LogP contribution in [0.5, 0.6) is 0 Å². The molecule has 13 heavy (non-hydrogen) atoms. The van der Waals surface area contributed by atoms with Gasteiger partial charge in [-0.1, -0.05) is 0 Å². The van der Waals surface area contributed by atoms with Crippen LogP contribution >= 0.6 is 0 Å². The predicted molar refractivity (Wildman–Crippen MR) is 56.0 cm³/mol. The van der Waals surface area contributed by atoms with Crippen molar-refractivity contribution in [3.8, 4) is 0 Å². The monoisotopic (exact) mass is 286 g/mol. The van der Waals surface area contributed by atoms with Gasteiger partial charge >= 0.3 is 85.1 Å². The van der Waals surface area contributed by atoms with E-state index in [1.807, 2.05) is 13.0 Å². The van der Waals surface area contributed by atoms with Crippen LogP contribution in [0.4, 0.5) is 0 Å². The van der Waals surface area contributed by atoms with Gasteiger partial charge in [-0.15, -0.1) is 0 Å². The number of rotatable bonds is 2. The fraction of sp³-hybridized carbons (Fsp3) is 0.333. The first-order valence-corrected chi connectivity index (χ1v) is 12.5. The predicted octanol–water partition coefficient (Wildman–Crippen LogP) is 0.183. The molecule has 1 amide bonds. The van der Waals surface area contributed by atoms with Crippen molar-refractivity contribution in [3.05, 3.63) is 23.4 Å². The van der Waals surface area contributed by atoms with Crippen molar-refractivity contribution in [2.45, 2.75) is 16.8 Å². The first-order valence-electron chi connectivity index (χ1n) is 4.28. The Balaban J connectivity index is 3.13. The van der Waals surface area contributed by atoms with Gasteiger partial charge in [0.25, 0.3) is 0 Å². The van der Waals surface area contributed by atoms with Gasteiger partial charge in [-0.3, -0.25) is 0 Å². The van der Waals surface area contributed by atoms with Crippen LogP contribution in [0.1, 0.15) is 15.9 Å². The number of nitrogens with zero attached hydrogens (tertiary/aromatic N) is 1. The third-order valence-electron chi connectivity index (χ3n) is 1.99. The molecule has 0 saturated heterocycles. The van der Waals surface area contributed by atoms with Crippen molar-refractivity contribution in [1.82, 2.24) is 4.98 Å². The van der Waals surface area contributed by atoms with Gasteiger partial charge in [-0.2, -0.15) is 0 Å². The van der Waals surface area contributed by atoms with Gasteiger partial charge in [-0.25, -0.2) is 0 Å². The van der Waals surface area contributed by atoms with Crippen LogP contribution in [0.25, 0.3) is 0 Å². The summed E-state index contributed by atoms with van der Waals surface area (Å²) in [7, 11) is 0. The second-order valence-corrected chi connectivity index (χ2v) is 11.7. The molecule has 0 fully saturated rings. The number of hydrogen-bond acceptors (Lipinski definition) is 2. The molecule has 0 radical (unpaired) electrons. The molecule has 70 valence electrons. The zero-order valence-electron chi connectivity index (χ0n) is 8.16. The van der Waals surface area contributed by atoms with Gasteiger partial charge in [-0.05, 0) is 0 Å². The number of carbonyl (C=O) groups excluding carboxylic acids is 1. The fourth-order valence-electron chi connectivity index (χ4n) is 1.15. The number of nitrogens with two attached hydrogens (primary N) is 1. The summed E-state index contributed by atoms with van der Waals surface area (Å²) in [5, 5.41) is 0. The van der Waals surface area contributed by atoms with Gasteiger partial charge in [0.1, 0.15) is 0 Å².